The predicted molar refractivity (Wildman–Crippen MR) is 107 cm³/mol. The fourth-order valence-electron chi connectivity index (χ4n) is 2.39. The number of aromatic nitrogens is 2. The van der Waals surface area contributed by atoms with Gasteiger partial charge in [-0.2, -0.15) is 0 Å². The number of imidazole rings is 1. The van der Waals surface area contributed by atoms with Crippen molar-refractivity contribution in [2.75, 3.05) is 11.9 Å². The minimum absolute atomic E-state index is 0.00225. The summed E-state index contributed by atoms with van der Waals surface area (Å²) >= 11 is 0. The third-order valence-corrected chi connectivity index (χ3v) is 3.64. The molecule has 1 heterocycles. The lowest BCUT2D eigenvalue weighted by Gasteiger charge is -2.21. The Kier molecular flexibility index (Phi) is 6.83. The maximum absolute atomic E-state index is 12.8. The normalized spacial score (nSPS) is 10.8. The smallest absolute Gasteiger partial charge is 0.421 e. The molecule has 0 saturated heterocycles. The fourth-order valence-corrected chi connectivity index (χ4v) is 2.39. The molecule has 0 spiro atoms. The SMILES string of the molecule is C#Cc1ccccc1-c1cnc(NC(=O)OCCCC)n1C(=O)OC(C)(C)C. The molecule has 0 saturated carbocycles. The highest BCUT2D eigenvalue weighted by atomic mass is 16.6. The number of amides is 1. The Labute approximate surface area is 165 Å². The van der Waals surface area contributed by atoms with Crippen LogP contribution in [0.3, 0.4) is 0 Å². The standard InChI is InChI=1S/C21H25N3O4/c1-6-8-13-27-19(25)23-18-22-14-17(16-12-10-9-11-15(16)7-2)24(18)20(26)28-21(3,4)5/h2,9-12,14H,6,8,13H2,1,3-5H3,(H,22,23,25). The average molecular weight is 383 g/mol. The molecule has 0 unspecified atom stereocenters. The largest absolute Gasteiger partial charge is 0.449 e. The molecule has 7 nitrogen and oxygen atoms in total. The highest BCUT2D eigenvalue weighted by Crippen LogP contribution is 2.27. The van der Waals surface area contributed by atoms with Crippen LogP contribution in [0.5, 0.6) is 0 Å². The minimum atomic E-state index is -0.733. The number of hydrogen-bond donors (Lipinski definition) is 1. The van der Waals surface area contributed by atoms with Crippen molar-refractivity contribution in [3.63, 3.8) is 0 Å². The zero-order valence-electron chi connectivity index (χ0n) is 16.6. The van der Waals surface area contributed by atoms with E-state index in [9.17, 15) is 9.59 Å². The predicted octanol–water partition coefficient (Wildman–Crippen LogP) is 4.66. The third kappa shape index (κ3) is 5.36. The van der Waals surface area contributed by atoms with Crippen molar-refractivity contribution in [1.29, 1.82) is 0 Å². The Bertz CT molecular complexity index is 888. The first-order chi connectivity index (χ1) is 13.3. The van der Waals surface area contributed by atoms with Gasteiger partial charge in [-0.1, -0.05) is 37.5 Å². The second-order valence-electron chi connectivity index (χ2n) is 7.09. The Hall–Kier alpha value is -3.27. The van der Waals surface area contributed by atoms with Gasteiger partial charge in [0.2, 0.25) is 5.95 Å². The molecule has 7 heteroatoms. The van der Waals surface area contributed by atoms with Gasteiger partial charge >= 0.3 is 12.2 Å². The molecule has 0 radical (unpaired) electrons. The summed E-state index contributed by atoms with van der Waals surface area (Å²) in [6.07, 6.45) is 7.31. The Morgan fingerprint density at radius 3 is 2.64 bits per heavy atom. The maximum Gasteiger partial charge on any atom is 0.421 e. The molecule has 1 aromatic carbocycles. The van der Waals surface area contributed by atoms with Crippen LogP contribution in [0.25, 0.3) is 11.3 Å². The molecule has 1 amide bonds. The zero-order valence-corrected chi connectivity index (χ0v) is 16.6. The molecular weight excluding hydrogens is 358 g/mol. The van der Waals surface area contributed by atoms with Crippen molar-refractivity contribution in [2.45, 2.75) is 46.1 Å². The lowest BCUT2D eigenvalue weighted by atomic mass is 10.1. The number of benzene rings is 1. The van der Waals surface area contributed by atoms with Gasteiger partial charge in [-0.05, 0) is 33.3 Å². The average Bonchev–Trinajstić information content (AvgIpc) is 3.03. The summed E-state index contributed by atoms with van der Waals surface area (Å²) in [6.45, 7) is 7.53. The van der Waals surface area contributed by atoms with Gasteiger partial charge in [0, 0.05) is 11.1 Å². The van der Waals surface area contributed by atoms with Crippen molar-refractivity contribution in [3.05, 3.63) is 36.0 Å². The molecule has 0 aliphatic carbocycles. The molecule has 2 rings (SSSR count). The van der Waals surface area contributed by atoms with E-state index in [1.165, 1.54) is 10.8 Å². The quantitative estimate of drug-likeness (QED) is 0.600. The van der Waals surface area contributed by atoms with Crippen molar-refractivity contribution in [3.8, 4) is 23.6 Å². The maximum atomic E-state index is 12.8. The van der Waals surface area contributed by atoms with Crippen LogP contribution >= 0.6 is 0 Å². The van der Waals surface area contributed by atoms with Crippen LogP contribution in [-0.4, -0.2) is 33.9 Å². The number of unbranched alkanes of at least 4 members (excludes halogenated alkanes) is 1. The first kappa shape index (κ1) is 21.0. The van der Waals surface area contributed by atoms with Crippen molar-refractivity contribution >= 4 is 18.1 Å². The van der Waals surface area contributed by atoms with E-state index in [0.29, 0.717) is 16.8 Å². The second kappa shape index (κ2) is 9.09. The number of nitrogens with zero attached hydrogens (tertiary/aromatic N) is 2. The van der Waals surface area contributed by atoms with Gasteiger partial charge in [0.25, 0.3) is 0 Å². The molecule has 0 bridgehead atoms. The minimum Gasteiger partial charge on any atom is -0.449 e. The summed E-state index contributed by atoms with van der Waals surface area (Å²) in [5.74, 6) is 2.59. The van der Waals surface area contributed by atoms with Crippen molar-refractivity contribution in [1.82, 2.24) is 9.55 Å². The fraction of sp³-hybridized carbons (Fsp3) is 0.381. The lowest BCUT2D eigenvalue weighted by molar-refractivity contribution is 0.0543. The van der Waals surface area contributed by atoms with Gasteiger partial charge < -0.3 is 9.47 Å². The number of rotatable bonds is 5. The first-order valence-corrected chi connectivity index (χ1v) is 9.07. The summed E-state index contributed by atoms with van der Waals surface area (Å²) < 4.78 is 11.8. The van der Waals surface area contributed by atoms with Gasteiger partial charge in [0.15, 0.2) is 0 Å². The van der Waals surface area contributed by atoms with E-state index in [-0.39, 0.29) is 12.6 Å². The molecule has 0 fully saturated rings. The highest BCUT2D eigenvalue weighted by molar-refractivity contribution is 5.89. The van der Waals surface area contributed by atoms with Gasteiger partial charge in [0.1, 0.15) is 5.60 Å². The Morgan fingerprint density at radius 2 is 2.00 bits per heavy atom. The summed E-state index contributed by atoms with van der Waals surface area (Å²) in [6, 6.07) is 7.14. The van der Waals surface area contributed by atoms with Crippen LogP contribution in [0, 0.1) is 12.3 Å². The van der Waals surface area contributed by atoms with Crippen LogP contribution in [0.2, 0.25) is 0 Å². The van der Waals surface area contributed by atoms with E-state index >= 15 is 0 Å². The van der Waals surface area contributed by atoms with E-state index in [1.807, 2.05) is 6.92 Å². The highest BCUT2D eigenvalue weighted by Gasteiger charge is 2.25. The summed E-state index contributed by atoms with van der Waals surface area (Å²) in [4.78, 5) is 29.0. The summed E-state index contributed by atoms with van der Waals surface area (Å²) in [5.41, 5.74) is 0.884. The number of anilines is 1. The number of carbonyl (C=O) groups is 2. The first-order valence-electron chi connectivity index (χ1n) is 9.07. The monoisotopic (exact) mass is 383 g/mol. The molecular formula is C21H25N3O4. The van der Waals surface area contributed by atoms with Crippen LogP contribution in [-0.2, 0) is 9.47 Å². The molecule has 1 aromatic heterocycles. The molecule has 0 atom stereocenters. The Morgan fingerprint density at radius 1 is 1.29 bits per heavy atom. The molecule has 0 aliphatic rings. The van der Waals surface area contributed by atoms with E-state index in [0.717, 1.165) is 12.8 Å². The summed E-state index contributed by atoms with van der Waals surface area (Å²) in [7, 11) is 0. The third-order valence-electron chi connectivity index (χ3n) is 3.64. The number of carbonyl (C=O) groups excluding carboxylic acids is 2. The van der Waals surface area contributed by atoms with Gasteiger partial charge in [-0.3, -0.25) is 5.32 Å². The van der Waals surface area contributed by atoms with Crippen LogP contribution in [0.1, 0.15) is 46.1 Å². The Balaban J connectivity index is 2.43. The number of ether oxygens (including phenoxy) is 2. The topological polar surface area (TPSA) is 82.5 Å². The molecule has 1 N–H and O–H groups in total. The second-order valence-corrected chi connectivity index (χ2v) is 7.09. The van der Waals surface area contributed by atoms with E-state index in [4.69, 9.17) is 15.9 Å². The number of terminal acetylenes is 1. The van der Waals surface area contributed by atoms with Crippen molar-refractivity contribution in [2.24, 2.45) is 0 Å². The van der Waals surface area contributed by atoms with Crippen LogP contribution in [0.4, 0.5) is 15.5 Å². The van der Waals surface area contributed by atoms with E-state index < -0.39 is 17.8 Å². The van der Waals surface area contributed by atoms with Gasteiger partial charge in [-0.15, -0.1) is 6.42 Å². The lowest BCUT2D eigenvalue weighted by Crippen LogP contribution is -2.29. The van der Waals surface area contributed by atoms with Crippen LogP contribution < -0.4 is 5.32 Å². The number of nitrogens with one attached hydrogen (secondary N) is 1. The molecule has 28 heavy (non-hydrogen) atoms. The molecule has 148 valence electrons. The molecule has 0 aliphatic heterocycles. The molecule has 2 aromatic rings. The van der Waals surface area contributed by atoms with Crippen molar-refractivity contribution < 1.29 is 19.1 Å². The number of hydrogen-bond acceptors (Lipinski definition) is 5. The van der Waals surface area contributed by atoms with Gasteiger partial charge in [0.05, 0.1) is 18.5 Å². The summed E-state index contributed by atoms with van der Waals surface area (Å²) in [5, 5.41) is 2.50. The van der Waals surface area contributed by atoms with E-state index in [1.54, 1.807) is 45.0 Å². The van der Waals surface area contributed by atoms with Crippen LogP contribution in [0.15, 0.2) is 30.5 Å². The van der Waals surface area contributed by atoms with E-state index in [2.05, 4.69) is 16.2 Å². The zero-order chi connectivity index (χ0) is 20.7. The van der Waals surface area contributed by atoms with Gasteiger partial charge in [-0.25, -0.2) is 19.1 Å².